The number of nitrogens with one attached hydrogen (secondary N) is 1. The van der Waals surface area contributed by atoms with Crippen LogP contribution >= 0.6 is 12.6 Å². The summed E-state index contributed by atoms with van der Waals surface area (Å²) in [6.07, 6.45) is 0.929. The van der Waals surface area contributed by atoms with Crippen LogP contribution < -0.4 is 5.32 Å². The van der Waals surface area contributed by atoms with Crippen molar-refractivity contribution in [1.82, 2.24) is 0 Å². The van der Waals surface area contributed by atoms with Crippen molar-refractivity contribution >= 4 is 24.3 Å². The molecule has 0 radical (unpaired) electrons. The number of benzene rings is 1. The maximum absolute atomic E-state index is 11.5. The molecular formula is C13H19NO2S. The number of thiol groups is 1. The fraction of sp³-hybridized carbons (Fsp3) is 0.462. The Labute approximate surface area is 108 Å². The first-order valence-corrected chi connectivity index (χ1v) is 6.35. The Kier molecular flexibility index (Phi) is 5.35. The summed E-state index contributed by atoms with van der Waals surface area (Å²) in [6, 6.07) is 5.74. The van der Waals surface area contributed by atoms with Gasteiger partial charge in [-0.05, 0) is 31.4 Å². The van der Waals surface area contributed by atoms with Crippen LogP contribution in [0.4, 0.5) is 5.69 Å². The van der Waals surface area contributed by atoms with Crippen molar-refractivity contribution in [3.8, 4) is 0 Å². The molecule has 1 aromatic carbocycles. The minimum absolute atomic E-state index is 0.110. The first kappa shape index (κ1) is 13.9. The SMILES string of the molecule is CCc1cccc(C)c1NC(C)C(=O)OCS. The number of carbonyl (C=O) groups is 1. The minimum Gasteiger partial charge on any atom is -0.453 e. The van der Waals surface area contributed by atoms with Gasteiger partial charge in [-0.25, -0.2) is 4.79 Å². The third-order valence-electron chi connectivity index (χ3n) is 2.66. The summed E-state index contributed by atoms with van der Waals surface area (Å²) < 4.78 is 4.85. The van der Waals surface area contributed by atoms with E-state index in [9.17, 15) is 4.79 Å². The molecule has 0 heterocycles. The third-order valence-corrected chi connectivity index (χ3v) is 2.79. The molecule has 0 saturated carbocycles. The van der Waals surface area contributed by atoms with Gasteiger partial charge in [-0.15, -0.1) is 12.6 Å². The van der Waals surface area contributed by atoms with Crippen LogP contribution in [0.2, 0.25) is 0 Å². The number of aryl methyl sites for hydroxylation is 2. The quantitative estimate of drug-likeness (QED) is 0.481. The lowest BCUT2D eigenvalue weighted by molar-refractivity contribution is -0.141. The van der Waals surface area contributed by atoms with E-state index < -0.39 is 0 Å². The van der Waals surface area contributed by atoms with Crippen molar-refractivity contribution in [2.45, 2.75) is 33.2 Å². The zero-order chi connectivity index (χ0) is 12.8. The molecule has 0 aliphatic carbocycles. The van der Waals surface area contributed by atoms with Gasteiger partial charge in [0, 0.05) is 5.69 Å². The Morgan fingerprint density at radius 3 is 2.82 bits per heavy atom. The monoisotopic (exact) mass is 253 g/mol. The van der Waals surface area contributed by atoms with Crippen LogP contribution in [-0.4, -0.2) is 18.0 Å². The molecule has 17 heavy (non-hydrogen) atoms. The molecule has 1 N–H and O–H groups in total. The van der Waals surface area contributed by atoms with Gasteiger partial charge in [0.1, 0.15) is 12.0 Å². The van der Waals surface area contributed by atoms with Crippen molar-refractivity contribution in [2.24, 2.45) is 0 Å². The molecule has 4 heteroatoms. The maximum Gasteiger partial charge on any atom is 0.329 e. The standard InChI is InChI=1S/C13H19NO2S/c1-4-11-7-5-6-9(2)12(11)14-10(3)13(15)16-8-17/h5-7,10,14,17H,4,8H2,1-3H3. The molecule has 0 aromatic heterocycles. The summed E-state index contributed by atoms with van der Waals surface area (Å²) in [5.41, 5.74) is 3.36. The molecule has 3 nitrogen and oxygen atoms in total. The van der Waals surface area contributed by atoms with E-state index >= 15 is 0 Å². The minimum atomic E-state index is -0.367. The van der Waals surface area contributed by atoms with Gasteiger partial charge in [0.15, 0.2) is 0 Å². The lowest BCUT2D eigenvalue weighted by Crippen LogP contribution is -2.28. The van der Waals surface area contributed by atoms with E-state index in [1.54, 1.807) is 6.92 Å². The van der Waals surface area contributed by atoms with Gasteiger partial charge >= 0.3 is 5.97 Å². The summed E-state index contributed by atoms with van der Waals surface area (Å²) in [4.78, 5) is 11.5. The highest BCUT2D eigenvalue weighted by Gasteiger charge is 2.15. The normalized spacial score (nSPS) is 12.0. The van der Waals surface area contributed by atoms with Gasteiger partial charge in [0.25, 0.3) is 0 Å². The molecule has 1 atom stereocenters. The van der Waals surface area contributed by atoms with Gasteiger partial charge in [0.2, 0.25) is 0 Å². The Morgan fingerprint density at radius 2 is 2.24 bits per heavy atom. The van der Waals surface area contributed by atoms with Crippen molar-refractivity contribution in [3.05, 3.63) is 29.3 Å². The molecule has 0 aliphatic heterocycles. The van der Waals surface area contributed by atoms with Gasteiger partial charge in [-0.2, -0.15) is 0 Å². The van der Waals surface area contributed by atoms with E-state index in [4.69, 9.17) is 4.74 Å². The predicted octanol–water partition coefficient (Wildman–Crippen LogP) is 2.79. The number of hydrogen-bond acceptors (Lipinski definition) is 4. The van der Waals surface area contributed by atoms with Crippen LogP contribution in [0.5, 0.6) is 0 Å². The van der Waals surface area contributed by atoms with Crippen LogP contribution in [0, 0.1) is 6.92 Å². The van der Waals surface area contributed by atoms with E-state index in [-0.39, 0.29) is 18.0 Å². The summed E-state index contributed by atoms with van der Waals surface area (Å²) in [6.45, 7) is 5.91. The average molecular weight is 253 g/mol. The van der Waals surface area contributed by atoms with E-state index in [0.717, 1.165) is 17.7 Å². The van der Waals surface area contributed by atoms with Gasteiger partial charge < -0.3 is 10.1 Å². The molecule has 1 rings (SSSR count). The number of ether oxygens (including phenoxy) is 1. The fourth-order valence-corrected chi connectivity index (χ4v) is 1.82. The summed E-state index contributed by atoms with van der Waals surface area (Å²) >= 11 is 3.87. The second kappa shape index (κ2) is 6.55. The molecule has 0 amide bonds. The van der Waals surface area contributed by atoms with E-state index in [1.165, 1.54) is 5.56 Å². The zero-order valence-electron chi connectivity index (χ0n) is 10.5. The number of hydrogen-bond donors (Lipinski definition) is 2. The largest absolute Gasteiger partial charge is 0.453 e. The molecule has 1 aromatic rings. The Hall–Kier alpha value is -1.16. The molecule has 0 saturated heterocycles. The molecule has 0 aliphatic rings. The van der Waals surface area contributed by atoms with E-state index in [2.05, 4.69) is 30.9 Å². The van der Waals surface area contributed by atoms with Crippen LogP contribution in [0.3, 0.4) is 0 Å². The van der Waals surface area contributed by atoms with Crippen molar-refractivity contribution in [1.29, 1.82) is 0 Å². The molecule has 0 bridgehead atoms. The maximum atomic E-state index is 11.5. The molecule has 1 unspecified atom stereocenters. The van der Waals surface area contributed by atoms with E-state index in [1.807, 2.05) is 19.1 Å². The summed E-state index contributed by atoms with van der Waals surface area (Å²) in [7, 11) is 0. The van der Waals surface area contributed by atoms with E-state index in [0.29, 0.717) is 0 Å². The third kappa shape index (κ3) is 3.66. The molecule has 0 fully saturated rings. The van der Waals surface area contributed by atoms with Gasteiger partial charge in [-0.3, -0.25) is 0 Å². The lowest BCUT2D eigenvalue weighted by Gasteiger charge is -2.18. The zero-order valence-corrected chi connectivity index (χ0v) is 11.4. The highest BCUT2D eigenvalue weighted by molar-refractivity contribution is 7.80. The second-order valence-electron chi connectivity index (χ2n) is 3.92. The van der Waals surface area contributed by atoms with Crippen molar-refractivity contribution in [3.63, 3.8) is 0 Å². The first-order chi connectivity index (χ1) is 8.10. The first-order valence-electron chi connectivity index (χ1n) is 5.72. The van der Waals surface area contributed by atoms with Crippen LogP contribution in [0.1, 0.15) is 25.0 Å². The fourth-order valence-electron chi connectivity index (χ4n) is 1.69. The summed E-state index contributed by atoms with van der Waals surface area (Å²) in [5, 5.41) is 3.21. The molecular weight excluding hydrogens is 234 g/mol. The van der Waals surface area contributed by atoms with Crippen molar-refractivity contribution in [2.75, 3.05) is 11.3 Å². The Balaban J connectivity index is 2.83. The number of anilines is 1. The number of carbonyl (C=O) groups excluding carboxylic acids is 1. The molecule has 0 spiro atoms. The van der Waals surface area contributed by atoms with Crippen LogP contribution in [-0.2, 0) is 16.0 Å². The van der Waals surface area contributed by atoms with Crippen LogP contribution in [0.25, 0.3) is 0 Å². The smallest absolute Gasteiger partial charge is 0.329 e. The van der Waals surface area contributed by atoms with Crippen molar-refractivity contribution < 1.29 is 9.53 Å². The van der Waals surface area contributed by atoms with Gasteiger partial charge in [-0.1, -0.05) is 25.1 Å². The second-order valence-corrected chi connectivity index (χ2v) is 4.18. The predicted molar refractivity (Wildman–Crippen MR) is 73.6 cm³/mol. The molecule has 94 valence electrons. The highest BCUT2D eigenvalue weighted by atomic mass is 32.1. The highest BCUT2D eigenvalue weighted by Crippen LogP contribution is 2.22. The summed E-state index contributed by atoms with van der Waals surface area (Å²) in [5.74, 6) is -0.176. The average Bonchev–Trinajstić information content (AvgIpc) is 2.31. The van der Waals surface area contributed by atoms with Gasteiger partial charge in [0.05, 0.1) is 0 Å². The lowest BCUT2D eigenvalue weighted by atomic mass is 10.1. The van der Waals surface area contributed by atoms with Crippen LogP contribution in [0.15, 0.2) is 18.2 Å². The number of rotatable bonds is 5. The topological polar surface area (TPSA) is 38.3 Å². The Morgan fingerprint density at radius 1 is 1.53 bits per heavy atom. The Bertz CT molecular complexity index is 393. The number of esters is 1. The number of para-hydroxylation sites is 1.